The summed E-state index contributed by atoms with van der Waals surface area (Å²) in [6.07, 6.45) is 8.89. The molecule has 0 saturated heterocycles. The zero-order valence-electron chi connectivity index (χ0n) is 12.6. The Hall–Kier alpha value is -1.09. The minimum absolute atomic E-state index is 0.719. The van der Waals surface area contributed by atoms with E-state index < -0.39 is 0 Å². The topological polar surface area (TPSA) is 28.2 Å². The minimum Gasteiger partial charge on any atom is -0.368 e. The van der Waals surface area contributed by atoms with E-state index in [4.69, 9.17) is 0 Å². The average Bonchev–Trinajstić information content (AvgIpc) is 2.44. The second kappa shape index (κ2) is 6.90. The normalized spacial score (nSPS) is 16.6. The smallest absolute Gasteiger partial charge is 0.0447 e. The van der Waals surface area contributed by atoms with Crippen molar-refractivity contribution >= 4 is 5.69 Å². The van der Waals surface area contributed by atoms with Gasteiger partial charge in [0, 0.05) is 42.3 Å². The van der Waals surface area contributed by atoms with Crippen molar-refractivity contribution in [1.82, 2.24) is 10.3 Å². The van der Waals surface area contributed by atoms with Crippen molar-refractivity contribution < 1.29 is 0 Å². The van der Waals surface area contributed by atoms with Crippen LogP contribution in [0.1, 0.15) is 50.3 Å². The van der Waals surface area contributed by atoms with E-state index in [-0.39, 0.29) is 0 Å². The van der Waals surface area contributed by atoms with E-state index in [9.17, 15) is 0 Å². The summed E-state index contributed by atoms with van der Waals surface area (Å²) in [4.78, 5) is 7.05. The lowest BCUT2D eigenvalue weighted by Crippen LogP contribution is -2.37. The van der Waals surface area contributed by atoms with Gasteiger partial charge in [0.15, 0.2) is 0 Å². The molecule has 0 aromatic carbocycles. The maximum absolute atomic E-state index is 4.45. The van der Waals surface area contributed by atoms with Crippen molar-refractivity contribution in [3.63, 3.8) is 0 Å². The molecule has 1 aromatic rings. The van der Waals surface area contributed by atoms with E-state index in [0.29, 0.717) is 0 Å². The first kappa shape index (κ1) is 14.3. The summed E-state index contributed by atoms with van der Waals surface area (Å²) in [6.45, 7) is 6.34. The van der Waals surface area contributed by atoms with Gasteiger partial charge in [0.05, 0.1) is 0 Å². The third-order valence-corrected chi connectivity index (χ3v) is 4.13. The van der Waals surface area contributed by atoms with Crippen LogP contribution in [0, 0.1) is 6.92 Å². The SMILES string of the molecule is CCN(c1cc(C)ncc1CNC)C1CCCCC1. The Morgan fingerprint density at radius 1 is 1.32 bits per heavy atom. The molecule has 1 heterocycles. The highest BCUT2D eigenvalue weighted by Gasteiger charge is 2.22. The largest absolute Gasteiger partial charge is 0.368 e. The predicted octanol–water partition coefficient (Wildman–Crippen LogP) is 3.27. The van der Waals surface area contributed by atoms with E-state index in [1.54, 1.807) is 0 Å². The van der Waals surface area contributed by atoms with Crippen LogP contribution >= 0.6 is 0 Å². The van der Waals surface area contributed by atoms with Crippen LogP contribution in [-0.4, -0.2) is 24.6 Å². The lowest BCUT2D eigenvalue weighted by Gasteiger charge is -2.36. The number of aromatic nitrogens is 1. The standard InChI is InChI=1S/C16H27N3/c1-4-19(15-8-6-5-7-9-15)16-10-13(2)18-12-14(16)11-17-3/h10,12,15,17H,4-9,11H2,1-3H3. The number of hydrogen-bond donors (Lipinski definition) is 1. The summed E-state index contributed by atoms with van der Waals surface area (Å²) in [7, 11) is 2.00. The number of anilines is 1. The van der Waals surface area contributed by atoms with Crippen LogP contribution in [0.15, 0.2) is 12.3 Å². The molecule has 0 unspecified atom stereocenters. The van der Waals surface area contributed by atoms with Crippen molar-refractivity contribution in [1.29, 1.82) is 0 Å². The fourth-order valence-electron chi connectivity index (χ4n) is 3.19. The van der Waals surface area contributed by atoms with Crippen LogP contribution in [-0.2, 0) is 6.54 Å². The Morgan fingerprint density at radius 2 is 2.05 bits per heavy atom. The molecule has 1 aliphatic carbocycles. The van der Waals surface area contributed by atoms with Gasteiger partial charge in [-0.15, -0.1) is 0 Å². The summed E-state index contributed by atoms with van der Waals surface area (Å²) in [5.74, 6) is 0. The Balaban J connectivity index is 2.27. The number of nitrogens with one attached hydrogen (secondary N) is 1. The second-order valence-electron chi connectivity index (χ2n) is 5.56. The first-order valence-corrected chi connectivity index (χ1v) is 7.63. The summed E-state index contributed by atoms with van der Waals surface area (Å²) in [5, 5.41) is 3.26. The van der Waals surface area contributed by atoms with Gasteiger partial charge in [-0.3, -0.25) is 4.98 Å². The molecule has 2 rings (SSSR count). The van der Waals surface area contributed by atoms with Crippen molar-refractivity contribution in [2.45, 2.75) is 58.5 Å². The predicted molar refractivity (Wildman–Crippen MR) is 81.6 cm³/mol. The average molecular weight is 261 g/mol. The molecular weight excluding hydrogens is 234 g/mol. The fourth-order valence-corrected chi connectivity index (χ4v) is 3.19. The summed E-state index contributed by atoms with van der Waals surface area (Å²) >= 11 is 0. The molecule has 106 valence electrons. The lowest BCUT2D eigenvalue weighted by atomic mass is 9.93. The first-order valence-electron chi connectivity index (χ1n) is 7.63. The first-order chi connectivity index (χ1) is 9.26. The molecule has 1 N–H and O–H groups in total. The molecular formula is C16H27N3. The fraction of sp³-hybridized carbons (Fsp3) is 0.688. The maximum atomic E-state index is 4.45. The van der Waals surface area contributed by atoms with Crippen LogP contribution in [0.25, 0.3) is 0 Å². The number of hydrogen-bond acceptors (Lipinski definition) is 3. The van der Waals surface area contributed by atoms with Gasteiger partial charge < -0.3 is 10.2 Å². The van der Waals surface area contributed by atoms with Crippen LogP contribution in [0.2, 0.25) is 0 Å². The van der Waals surface area contributed by atoms with E-state index in [1.165, 1.54) is 43.4 Å². The van der Waals surface area contributed by atoms with Crippen molar-refractivity contribution in [3.8, 4) is 0 Å². The van der Waals surface area contributed by atoms with Gasteiger partial charge in [-0.2, -0.15) is 0 Å². The molecule has 1 saturated carbocycles. The minimum atomic E-state index is 0.719. The maximum Gasteiger partial charge on any atom is 0.0447 e. The summed E-state index contributed by atoms with van der Waals surface area (Å²) < 4.78 is 0. The van der Waals surface area contributed by atoms with Crippen LogP contribution < -0.4 is 10.2 Å². The quantitative estimate of drug-likeness (QED) is 0.881. The van der Waals surface area contributed by atoms with E-state index in [2.05, 4.69) is 35.1 Å². The molecule has 0 spiro atoms. The van der Waals surface area contributed by atoms with Crippen molar-refractivity contribution in [2.75, 3.05) is 18.5 Å². The molecule has 1 aliphatic rings. The number of nitrogens with zero attached hydrogens (tertiary/aromatic N) is 2. The van der Waals surface area contributed by atoms with Gasteiger partial charge in [0.25, 0.3) is 0 Å². The molecule has 0 radical (unpaired) electrons. The van der Waals surface area contributed by atoms with E-state index in [0.717, 1.165) is 24.8 Å². The molecule has 0 bridgehead atoms. The molecule has 0 atom stereocenters. The Labute approximate surface area is 117 Å². The number of pyridine rings is 1. The third kappa shape index (κ3) is 3.47. The number of aryl methyl sites for hydroxylation is 1. The third-order valence-electron chi connectivity index (χ3n) is 4.13. The highest BCUT2D eigenvalue weighted by molar-refractivity contribution is 5.54. The Morgan fingerprint density at radius 3 is 2.68 bits per heavy atom. The zero-order valence-corrected chi connectivity index (χ0v) is 12.6. The van der Waals surface area contributed by atoms with Crippen LogP contribution in [0.5, 0.6) is 0 Å². The molecule has 0 aliphatic heterocycles. The molecule has 3 heteroatoms. The zero-order chi connectivity index (χ0) is 13.7. The second-order valence-corrected chi connectivity index (χ2v) is 5.56. The van der Waals surface area contributed by atoms with Crippen molar-refractivity contribution in [3.05, 3.63) is 23.5 Å². The molecule has 1 aromatic heterocycles. The lowest BCUT2D eigenvalue weighted by molar-refractivity contribution is 0.417. The highest BCUT2D eigenvalue weighted by atomic mass is 15.2. The van der Waals surface area contributed by atoms with E-state index >= 15 is 0 Å². The Bertz CT molecular complexity index is 397. The molecule has 0 amide bonds. The molecule has 19 heavy (non-hydrogen) atoms. The van der Waals surface area contributed by atoms with Gasteiger partial charge in [-0.25, -0.2) is 0 Å². The van der Waals surface area contributed by atoms with Crippen LogP contribution in [0.4, 0.5) is 5.69 Å². The highest BCUT2D eigenvalue weighted by Crippen LogP contribution is 2.29. The van der Waals surface area contributed by atoms with Gasteiger partial charge >= 0.3 is 0 Å². The molecule has 3 nitrogen and oxygen atoms in total. The van der Waals surface area contributed by atoms with Gasteiger partial charge in [0.1, 0.15) is 0 Å². The molecule has 1 fully saturated rings. The van der Waals surface area contributed by atoms with Crippen LogP contribution in [0.3, 0.4) is 0 Å². The van der Waals surface area contributed by atoms with Gasteiger partial charge in [-0.1, -0.05) is 19.3 Å². The summed E-state index contributed by atoms with van der Waals surface area (Å²) in [6, 6.07) is 2.97. The summed E-state index contributed by atoms with van der Waals surface area (Å²) in [5.41, 5.74) is 3.82. The Kier molecular flexibility index (Phi) is 5.20. The van der Waals surface area contributed by atoms with Gasteiger partial charge in [-0.05, 0) is 39.8 Å². The van der Waals surface area contributed by atoms with E-state index in [1.807, 2.05) is 13.2 Å². The van der Waals surface area contributed by atoms with Gasteiger partial charge in [0.2, 0.25) is 0 Å². The number of rotatable bonds is 5. The monoisotopic (exact) mass is 261 g/mol. The van der Waals surface area contributed by atoms with Crippen molar-refractivity contribution in [2.24, 2.45) is 0 Å².